The Balaban J connectivity index is 1.94. The van der Waals surface area contributed by atoms with E-state index in [9.17, 15) is 18.0 Å². The summed E-state index contributed by atoms with van der Waals surface area (Å²) in [6, 6.07) is 4.02. The first kappa shape index (κ1) is 13.6. The predicted octanol–water partition coefficient (Wildman–Crippen LogP) is 3.16. The van der Waals surface area contributed by atoms with Gasteiger partial charge < -0.3 is 10.1 Å². The van der Waals surface area contributed by atoms with E-state index in [4.69, 9.17) is 0 Å². The maximum atomic E-state index is 12.3. The quantitative estimate of drug-likeness (QED) is 0.932. The van der Waals surface area contributed by atoms with Crippen LogP contribution in [0.2, 0.25) is 0 Å². The summed E-state index contributed by atoms with van der Waals surface area (Å²) in [6.07, 6.45) is -2.09. The normalized spacial score (nSPS) is 27.4. The predicted molar refractivity (Wildman–Crippen MR) is 69.9 cm³/mol. The zero-order valence-electron chi connectivity index (χ0n) is 10.6. The molecule has 3 nitrogen and oxygen atoms in total. The number of amides is 1. The Kier molecular flexibility index (Phi) is 2.93. The lowest BCUT2D eigenvalue weighted by Crippen LogP contribution is -2.22. The Labute approximate surface area is 117 Å². The number of thioether (sulfide) groups is 1. The Morgan fingerprint density at radius 2 is 2.25 bits per heavy atom. The van der Waals surface area contributed by atoms with Crippen LogP contribution in [0, 0.1) is 5.92 Å². The lowest BCUT2D eigenvalue weighted by molar-refractivity contribution is -0.274. The topological polar surface area (TPSA) is 38.3 Å². The molecule has 1 spiro atoms. The number of hydrogen-bond donors (Lipinski definition) is 1. The maximum absolute atomic E-state index is 12.3. The van der Waals surface area contributed by atoms with Crippen LogP contribution in [0.15, 0.2) is 18.2 Å². The molecule has 1 amide bonds. The number of hydrogen-bond acceptors (Lipinski definition) is 3. The molecule has 0 saturated heterocycles. The summed E-state index contributed by atoms with van der Waals surface area (Å²) in [5, 5.41) is 2.74. The molecular formula is C13H12F3NO2S. The van der Waals surface area contributed by atoms with Gasteiger partial charge in [-0.2, -0.15) is 11.8 Å². The molecule has 2 aliphatic rings. The zero-order valence-corrected chi connectivity index (χ0v) is 11.4. The van der Waals surface area contributed by atoms with Crippen molar-refractivity contribution in [3.63, 3.8) is 0 Å². The third kappa shape index (κ3) is 2.04. The highest BCUT2D eigenvalue weighted by Gasteiger charge is 2.64. The van der Waals surface area contributed by atoms with E-state index >= 15 is 0 Å². The summed E-state index contributed by atoms with van der Waals surface area (Å²) >= 11 is 1.63. The van der Waals surface area contributed by atoms with Crippen LogP contribution in [0.25, 0.3) is 0 Å². The van der Waals surface area contributed by atoms with Crippen molar-refractivity contribution in [2.75, 3.05) is 17.3 Å². The van der Waals surface area contributed by atoms with Crippen LogP contribution in [0.1, 0.15) is 12.0 Å². The number of carbonyl (C=O) groups excluding carboxylic acids is 1. The van der Waals surface area contributed by atoms with Crippen LogP contribution in [-0.4, -0.2) is 24.3 Å². The Bertz CT molecular complexity index is 575. The smallest absolute Gasteiger partial charge is 0.406 e. The highest BCUT2D eigenvalue weighted by atomic mass is 32.2. The van der Waals surface area contributed by atoms with Gasteiger partial charge >= 0.3 is 6.36 Å². The largest absolute Gasteiger partial charge is 0.573 e. The summed E-state index contributed by atoms with van der Waals surface area (Å²) in [6.45, 7) is 0. The van der Waals surface area contributed by atoms with Crippen LogP contribution >= 0.6 is 11.8 Å². The van der Waals surface area contributed by atoms with E-state index in [-0.39, 0.29) is 17.6 Å². The van der Waals surface area contributed by atoms with Crippen molar-refractivity contribution in [3.05, 3.63) is 23.8 Å². The number of benzene rings is 1. The van der Waals surface area contributed by atoms with Gasteiger partial charge in [0.05, 0.1) is 5.41 Å². The van der Waals surface area contributed by atoms with Crippen LogP contribution in [-0.2, 0) is 10.2 Å². The van der Waals surface area contributed by atoms with Gasteiger partial charge in [-0.15, -0.1) is 13.2 Å². The van der Waals surface area contributed by atoms with Gasteiger partial charge in [0.2, 0.25) is 5.91 Å². The number of rotatable bonds is 3. The first-order valence-electron chi connectivity index (χ1n) is 6.07. The van der Waals surface area contributed by atoms with Crippen molar-refractivity contribution in [1.29, 1.82) is 0 Å². The van der Waals surface area contributed by atoms with Gasteiger partial charge in [0, 0.05) is 5.69 Å². The minimum Gasteiger partial charge on any atom is -0.406 e. The fraction of sp³-hybridized carbons (Fsp3) is 0.462. The molecule has 1 saturated carbocycles. The second kappa shape index (κ2) is 4.31. The van der Waals surface area contributed by atoms with E-state index in [1.165, 1.54) is 18.2 Å². The first-order chi connectivity index (χ1) is 9.37. The molecule has 3 rings (SSSR count). The van der Waals surface area contributed by atoms with E-state index in [0.29, 0.717) is 17.7 Å². The number of carbonyl (C=O) groups is 1. The van der Waals surface area contributed by atoms with Crippen LogP contribution in [0.3, 0.4) is 0 Å². The highest BCUT2D eigenvalue weighted by molar-refractivity contribution is 7.98. The molecule has 20 heavy (non-hydrogen) atoms. The van der Waals surface area contributed by atoms with Gasteiger partial charge in [-0.05, 0) is 48.1 Å². The van der Waals surface area contributed by atoms with Gasteiger partial charge in [0.15, 0.2) is 0 Å². The monoisotopic (exact) mass is 303 g/mol. The fourth-order valence-electron chi connectivity index (χ4n) is 2.89. The third-order valence-corrected chi connectivity index (χ3v) is 4.57. The summed E-state index contributed by atoms with van der Waals surface area (Å²) in [4.78, 5) is 12.1. The molecule has 1 aromatic carbocycles. The second-order valence-corrected chi connectivity index (χ2v) is 5.95. The minimum absolute atomic E-state index is 0.115. The Morgan fingerprint density at radius 1 is 1.50 bits per heavy atom. The lowest BCUT2D eigenvalue weighted by Gasteiger charge is -2.12. The van der Waals surface area contributed by atoms with Crippen LogP contribution in [0.4, 0.5) is 18.9 Å². The molecule has 0 radical (unpaired) electrons. The summed E-state index contributed by atoms with van der Waals surface area (Å²) in [7, 11) is 0. The molecule has 2 atom stereocenters. The number of anilines is 1. The molecule has 0 aromatic heterocycles. The molecule has 1 fully saturated rings. The van der Waals surface area contributed by atoms with Crippen LogP contribution < -0.4 is 10.1 Å². The van der Waals surface area contributed by atoms with E-state index in [1.54, 1.807) is 11.8 Å². The third-order valence-electron chi connectivity index (χ3n) is 3.83. The van der Waals surface area contributed by atoms with Gasteiger partial charge in [0.1, 0.15) is 5.75 Å². The second-order valence-electron chi connectivity index (χ2n) is 5.04. The average Bonchev–Trinajstić information content (AvgIpc) is 2.98. The maximum Gasteiger partial charge on any atom is 0.573 e. The molecule has 7 heteroatoms. The molecule has 2 unspecified atom stereocenters. The standard InChI is InChI=1S/C13H12F3NO2S/c1-20-6-7-5-12(7)9-4-8(19-13(14,15)16)2-3-10(9)17-11(12)18/h2-4,7H,5-6H2,1H3,(H,17,18). The summed E-state index contributed by atoms with van der Waals surface area (Å²) in [5.41, 5.74) is 0.569. The van der Waals surface area contributed by atoms with Crippen molar-refractivity contribution < 1.29 is 22.7 Å². The molecular weight excluding hydrogens is 291 g/mol. The van der Waals surface area contributed by atoms with Crippen LogP contribution in [0.5, 0.6) is 5.75 Å². The molecule has 0 bridgehead atoms. The molecule has 1 aromatic rings. The van der Waals surface area contributed by atoms with Crippen molar-refractivity contribution in [2.45, 2.75) is 18.2 Å². The molecule has 1 aliphatic carbocycles. The molecule has 1 heterocycles. The number of nitrogens with one attached hydrogen (secondary N) is 1. The Hall–Kier alpha value is -1.37. The number of fused-ring (bicyclic) bond motifs is 2. The summed E-state index contributed by atoms with van der Waals surface area (Å²) < 4.78 is 40.7. The number of alkyl halides is 3. The summed E-state index contributed by atoms with van der Waals surface area (Å²) in [5.74, 6) is 0.606. The SMILES string of the molecule is CSCC1CC12C(=O)Nc1ccc(OC(F)(F)F)cc12. The lowest BCUT2D eigenvalue weighted by atomic mass is 9.95. The van der Waals surface area contributed by atoms with Gasteiger partial charge in [0.25, 0.3) is 0 Å². The number of ether oxygens (including phenoxy) is 1. The van der Waals surface area contributed by atoms with Gasteiger partial charge in [-0.3, -0.25) is 4.79 Å². The van der Waals surface area contributed by atoms with Gasteiger partial charge in [-0.25, -0.2) is 0 Å². The van der Waals surface area contributed by atoms with Crippen molar-refractivity contribution in [3.8, 4) is 5.75 Å². The van der Waals surface area contributed by atoms with Crippen molar-refractivity contribution in [2.24, 2.45) is 5.92 Å². The van der Waals surface area contributed by atoms with E-state index in [1.807, 2.05) is 6.26 Å². The zero-order chi connectivity index (χ0) is 14.5. The minimum atomic E-state index is -4.72. The van der Waals surface area contributed by atoms with E-state index < -0.39 is 11.8 Å². The van der Waals surface area contributed by atoms with Gasteiger partial charge in [-0.1, -0.05) is 0 Å². The van der Waals surface area contributed by atoms with E-state index in [0.717, 1.165) is 5.75 Å². The average molecular weight is 303 g/mol. The van der Waals surface area contributed by atoms with Crippen molar-refractivity contribution in [1.82, 2.24) is 0 Å². The first-order valence-corrected chi connectivity index (χ1v) is 7.47. The molecule has 1 aliphatic heterocycles. The molecule has 108 valence electrons. The fourth-order valence-corrected chi connectivity index (χ4v) is 3.70. The van der Waals surface area contributed by atoms with E-state index in [2.05, 4.69) is 10.1 Å². The highest BCUT2D eigenvalue weighted by Crippen LogP contribution is 2.61. The Morgan fingerprint density at radius 3 is 2.90 bits per heavy atom. The number of halogens is 3. The molecule has 1 N–H and O–H groups in total. The van der Waals surface area contributed by atoms with Crippen molar-refractivity contribution >= 4 is 23.4 Å².